The lowest BCUT2D eigenvalue weighted by Crippen LogP contribution is -2.61. The van der Waals surface area contributed by atoms with E-state index in [2.05, 4.69) is 20.7 Å². The lowest BCUT2D eigenvalue weighted by molar-refractivity contribution is -0.0135. The van der Waals surface area contributed by atoms with Crippen LogP contribution in [0.2, 0.25) is 0 Å². The molecule has 5 heteroatoms. The topological polar surface area (TPSA) is 56.7 Å². The summed E-state index contributed by atoms with van der Waals surface area (Å²) in [7, 11) is 4.03. The Kier molecular flexibility index (Phi) is 4.18. The van der Waals surface area contributed by atoms with Crippen molar-refractivity contribution in [3.63, 3.8) is 0 Å². The maximum atomic E-state index is 12.3. The number of nitrogens with zero attached hydrogens (tertiary/aromatic N) is 2. The van der Waals surface area contributed by atoms with Gasteiger partial charge in [0.15, 0.2) is 0 Å². The quantitative estimate of drug-likeness (QED) is 0.652. The predicted octanol–water partition coefficient (Wildman–Crippen LogP) is 3.35. The van der Waals surface area contributed by atoms with Crippen molar-refractivity contribution < 1.29 is 4.79 Å². The van der Waals surface area contributed by atoms with Gasteiger partial charge in [-0.05, 0) is 74.0 Å². The minimum absolute atomic E-state index is 0.0295. The van der Waals surface area contributed by atoms with E-state index in [1.54, 1.807) is 6.21 Å². The Balaban J connectivity index is 1.32. The van der Waals surface area contributed by atoms with Crippen LogP contribution >= 0.6 is 0 Å². The summed E-state index contributed by atoms with van der Waals surface area (Å²) in [6.45, 7) is 0. The average molecular weight is 340 g/mol. The molecule has 2 N–H and O–H groups in total. The van der Waals surface area contributed by atoms with Gasteiger partial charge in [0.25, 0.3) is 0 Å². The van der Waals surface area contributed by atoms with Gasteiger partial charge in [0, 0.05) is 25.3 Å². The minimum atomic E-state index is -0.164. The second-order valence-electron chi connectivity index (χ2n) is 8.51. The van der Waals surface area contributed by atoms with Crippen molar-refractivity contribution in [3.8, 4) is 0 Å². The zero-order chi connectivity index (χ0) is 17.4. The fourth-order valence-corrected chi connectivity index (χ4v) is 5.56. The number of hydrazone groups is 1. The third-order valence-electron chi connectivity index (χ3n) is 6.21. The number of anilines is 1. The molecular formula is C20H28N4O. The molecule has 0 aliphatic heterocycles. The maximum Gasteiger partial charge on any atom is 0.335 e. The van der Waals surface area contributed by atoms with E-state index < -0.39 is 0 Å². The van der Waals surface area contributed by atoms with Crippen LogP contribution in [-0.2, 0) is 0 Å². The van der Waals surface area contributed by atoms with Gasteiger partial charge >= 0.3 is 6.03 Å². The number of carbonyl (C=O) groups excluding carboxylic acids is 1. The summed E-state index contributed by atoms with van der Waals surface area (Å²) in [4.78, 5) is 14.4. The fourth-order valence-electron chi connectivity index (χ4n) is 5.56. The number of nitrogens with one attached hydrogen (secondary N) is 2. The summed E-state index contributed by atoms with van der Waals surface area (Å²) < 4.78 is 0. The molecule has 0 spiro atoms. The van der Waals surface area contributed by atoms with Gasteiger partial charge in [0.05, 0.1) is 6.21 Å². The summed E-state index contributed by atoms with van der Waals surface area (Å²) in [5.74, 6) is 2.47. The average Bonchev–Trinajstić information content (AvgIpc) is 2.53. The van der Waals surface area contributed by atoms with Gasteiger partial charge in [-0.15, -0.1) is 0 Å². The lowest BCUT2D eigenvalue weighted by atomic mass is 9.53. The third kappa shape index (κ3) is 3.51. The van der Waals surface area contributed by atoms with Crippen molar-refractivity contribution in [1.82, 2.24) is 10.7 Å². The highest BCUT2D eigenvalue weighted by Crippen LogP contribution is 2.55. The molecule has 2 amide bonds. The molecule has 4 bridgehead atoms. The van der Waals surface area contributed by atoms with E-state index in [9.17, 15) is 4.79 Å². The number of hydrogen-bond donors (Lipinski definition) is 2. The number of hydrogen-bond acceptors (Lipinski definition) is 3. The first-order chi connectivity index (χ1) is 12.0. The van der Waals surface area contributed by atoms with E-state index in [1.807, 2.05) is 38.4 Å². The summed E-state index contributed by atoms with van der Waals surface area (Å²) in [5.41, 5.74) is 4.80. The Morgan fingerprint density at radius 1 is 1.08 bits per heavy atom. The van der Waals surface area contributed by atoms with Gasteiger partial charge in [-0.25, -0.2) is 10.2 Å². The van der Waals surface area contributed by atoms with E-state index in [4.69, 9.17) is 0 Å². The Morgan fingerprint density at radius 3 is 2.16 bits per heavy atom. The van der Waals surface area contributed by atoms with Crippen LogP contribution in [-0.4, -0.2) is 31.9 Å². The summed E-state index contributed by atoms with van der Waals surface area (Å²) >= 11 is 0. The van der Waals surface area contributed by atoms with Gasteiger partial charge in [-0.1, -0.05) is 12.1 Å². The molecule has 4 aliphatic carbocycles. The first kappa shape index (κ1) is 16.4. The van der Waals surface area contributed by atoms with E-state index in [1.165, 1.54) is 19.3 Å². The molecule has 1 aromatic carbocycles. The molecule has 0 aromatic heterocycles. The first-order valence-electron chi connectivity index (χ1n) is 9.40. The highest BCUT2D eigenvalue weighted by Gasteiger charge is 2.51. The van der Waals surface area contributed by atoms with Crippen LogP contribution in [0.3, 0.4) is 0 Å². The Morgan fingerprint density at radius 2 is 1.64 bits per heavy atom. The molecular weight excluding hydrogens is 312 g/mol. The smallest absolute Gasteiger partial charge is 0.335 e. The number of rotatable bonds is 4. The molecule has 1 aromatic rings. The molecule has 5 rings (SSSR count). The molecule has 5 nitrogen and oxygen atoms in total. The van der Waals surface area contributed by atoms with Gasteiger partial charge in [-0.2, -0.15) is 5.10 Å². The molecule has 0 saturated heterocycles. The molecule has 0 radical (unpaired) electrons. The van der Waals surface area contributed by atoms with Crippen LogP contribution in [0.5, 0.6) is 0 Å². The van der Waals surface area contributed by atoms with Crippen LogP contribution in [0.4, 0.5) is 10.5 Å². The van der Waals surface area contributed by atoms with Crippen molar-refractivity contribution >= 4 is 17.9 Å². The number of carbonyl (C=O) groups is 1. The van der Waals surface area contributed by atoms with Crippen LogP contribution < -0.4 is 15.6 Å². The number of benzene rings is 1. The molecule has 0 unspecified atom stereocenters. The highest BCUT2D eigenvalue weighted by molar-refractivity contribution is 5.82. The normalized spacial score (nSPS) is 32.8. The van der Waals surface area contributed by atoms with Gasteiger partial charge in [0.2, 0.25) is 0 Å². The van der Waals surface area contributed by atoms with Gasteiger partial charge in [-0.3, -0.25) is 0 Å². The van der Waals surface area contributed by atoms with Crippen molar-refractivity contribution in [3.05, 3.63) is 29.8 Å². The van der Waals surface area contributed by atoms with E-state index >= 15 is 0 Å². The Labute approximate surface area is 149 Å². The SMILES string of the molecule is CN(C)c1ccc(/C=N\NC(=O)NC23CC4CC(CC(C4)C2)C3)cc1. The molecule has 4 aliphatic rings. The summed E-state index contributed by atoms with van der Waals surface area (Å²) in [6, 6.07) is 7.91. The van der Waals surface area contributed by atoms with E-state index in [0.29, 0.717) is 0 Å². The maximum absolute atomic E-state index is 12.3. The van der Waals surface area contributed by atoms with E-state index in [0.717, 1.165) is 48.3 Å². The van der Waals surface area contributed by atoms with E-state index in [-0.39, 0.29) is 11.6 Å². The third-order valence-corrected chi connectivity index (χ3v) is 6.21. The monoisotopic (exact) mass is 340 g/mol. The van der Waals surface area contributed by atoms with Crippen LogP contribution in [0.25, 0.3) is 0 Å². The second kappa shape index (κ2) is 6.36. The summed E-state index contributed by atoms with van der Waals surface area (Å²) in [5, 5.41) is 7.38. The second-order valence-corrected chi connectivity index (χ2v) is 8.51. The first-order valence-corrected chi connectivity index (χ1v) is 9.40. The van der Waals surface area contributed by atoms with Crippen molar-refractivity contribution in [2.45, 2.75) is 44.1 Å². The lowest BCUT2D eigenvalue weighted by Gasteiger charge is -2.56. The summed E-state index contributed by atoms with van der Waals surface area (Å²) in [6.07, 6.45) is 9.29. The Bertz CT molecular complexity index is 629. The number of urea groups is 1. The molecule has 25 heavy (non-hydrogen) atoms. The molecule has 4 fully saturated rings. The standard InChI is InChI=1S/C20H28N4O/c1-24(2)18-5-3-14(4-6-18)13-21-23-19(25)22-20-10-15-7-16(11-20)9-17(8-15)12-20/h3-6,13,15-17H,7-12H2,1-2H3,(H2,22,23,25)/b21-13-. The Hall–Kier alpha value is -2.04. The molecule has 134 valence electrons. The minimum Gasteiger partial charge on any atom is -0.378 e. The van der Waals surface area contributed by atoms with Crippen LogP contribution in [0, 0.1) is 17.8 Å². The zero-order valence-electron chi connectivity index (χ0n) is 15.2. The number of amides is 2. The largest absolute Gasteiger partial charge is 0.378 e. The van der Waals surface area contributed by atoms with Crippen molar-refractivity contribution in [2.24, 2.45) is 22.9 Å². The van der Waals surface area contributed by atoms with Crippen LogP contribution in [0.1, 0.15) is 44.1 Å². The van der Waals surface area contributed by atoms with Gasteiger partial charge in [0.1, 0.15) is 0 Å². The molecule has 0 atom stereocenters. The highest BCUT2D eigenvalue weighted by atomic mass is 16.2. The van der Waals surface area contributed by atoms with Crippen LogP contribution in [0.15, 0.2) is 29.4 Å². The fraction of sp³-hybridized carbons (Fsp3) is 0.600. The molecule has 4 saturated carbocycles. The molecule has 0 heterocycles. The van der Waals surface area contributed by atoms with Gasteiger partial charge < -0.3 is 10.2 Å². The van der Waals surface area contributed by atoms with Crippen molar-refractivity contribution in [1.29, 1.82) is 0 Å². The van der Waals surface area contributed by atoms with Crippen molar-refractivity contribution in [2.75, 3.05) is 19.0 Å². The predicted molar refractivity (Wildman–Crippen MR) is 101 cm³/mol. The zero-order valence-corrected chi connectivity index (χ0v) is 15.2.